The number of phenolic OH excluding ortho intramolecular Hbond substituents is 1. The van der Waals surface area contributed by atoms with Gasteiger partial charge in [-0.05, 0) is 31.0 Å². The molecule has 13 heteroatoms. The van der Waals surface area contributed by atoms with Gasteiger partial charge >= 0.3 is 12.0 Å². The molecule has 0 aliphatic carbocycles. The molecule has 1 heterocycles. The van der Waals surface area contributed by atoms with Crippen molar-refractivity contribution >= 4 is 17.9 Å². The Kier molecular flexibility index (Phi) is 12.9. The van der Waals surface area contributed by atoms with Crippen LogP contribution in [0.4, 0.5) is 4.79 Å². The highest BCUT2D eigenvalue weighted by Gasteiger charge is 2.25. The number of aromatic hydroxyl groups is 1. The average Bonchev–Trinajstić information content (AvgIpc) is 3.22. The number of nitrogens with two attached hydrogens (primary N) is 2. The minimum absolute atomic E-state index is 0.0882. The Balaban J connectivity index is 0.00000154. The Morgan fingerprint density at radius 2 is 1.76 bits per heavy atom. The lowest BCUT2D eigenvalue weighted by Gasteiger charge is -2.16. The Bertz CT molecular complexity index is 907. The molecule has 2 unspecified atom stereocenters. The summed E-state index contributed by atoms with van der Waals surface area (Å²) in [5.74, 6) is -1.21. The number of carbonyl (C=O) groups excluding carboxylic acids is 2. The number of nitrogens with one attached hydrogen (secondary N) is 2. The maximum Gasteiger partial charge on any atom is 0.328 e. The molecular weight excluding hydrogens is 436 g/mol. The van der Waals surface area contributed by atoms with Crippen LogP contribution in [-0.4, -0.2) is 55.5 Å². The largest absolute Gasteiger partial charge is 0.508 e. The van der Waals surface area contributed by atoms with Crippen molar-refractivity contribution in [1.82, 2.24) is 20.8 Å². The lowest BCUT2D eigenvalue weighted by atomic mass is 10.1. The molecule has 0 aliphatic heterocycles. The number of aliphatic hydroxyl groups excluding tert-OH is 1. The van der Waals surface area contributed by atoms with E-state index in [0.29, 0.717) is 6.42 Å². The molecule has 3 amide bonds. The molecule has 33 heavy (non-hydrogen) atoms. The van der Waals surface area contributed by atoms with Gasteiger partial charge in [-0.1, -0.05) is 17.3 Å². The Hall–Kier alpha value is -4.15. The van der Waals surface area contributed by atoms with E-state index in [1.54, 1.807) is 24.3 Å². The molecule has 3 atom stereocenters. The summed E-state index contributed by atoms with van der Waals surface area (Å²) in [5.41, 5.74) is 11.4. The van der Waals surface area contributed by atoms with Gasteiger partial charge in [0.05, 0.1) is 18.7 Å². The second-order valence-corrected chi connectivity index (χ2v) is 6.52. The van der Waals surface area contributed by atoms with Crippen LogP contribution in [-0.2, 0) is 22.6 Å². The second-order valence-electron chi connectivity index (χ2n) is 6.52. The molecule has 180 valence electrons. The molecule has 2 rings (SSSR count). The molecule has 2 aromatic rings. The van der Waals surface area contributed by atoms with Crippen molar-refractivity contribution in [2.24, 2.45) is 11.5 Å². The number of carbonyl (C=O) groups is 3. The lowest BCUT2D eigenvalue weighted by Crippen LogP contribution is -2.51. The second kappa shape index (κ2) is 14.8. The zero-order valence-electron chi connectivity index (χ0n) is 18.1. The van der Waals surface area contributed by atoms with Crippen molar-refractivity contribution in [3.05, 3.63) is 41.5 Å². The maximum absolute atomic E-state index is 11.7. The number of amides is 3. The van der Waals surface area contributed by atoms with Crippen molar-refractivity contribution in [2.45, 2.75) is 45.0 Å². The van der Waals surface area contributed by atoms with Gasteiger partial charge in [0.15, 0.2) is 11.9 Å². The number of nitrogens with zero attached hydrogens (tertiary/aromatic N) is 2. The predicted molar refractivity (Wildman–Crippen MR) is 116 cm³/mol. The zero-order chi connectivity index (χ0) is 25.6. The number of benzene rings is 1. The van der Waals surface area contributed by atoms with Gasteiger partial charge in [0, 0.05) is 6.92 Å². The van der Waals surface area contributed by atoms with Gasteiger partial charge in [-0.2, -0.15) is 4.98 Å². The van der Waals surface area contributed by atoms with E-state index in [2.05, 4.69) is 39.4 Å². The summed E-state index contributed by atoms with van der Waals surface area (Å²) in [7, 11) is 0. The Morgan fingerprint density at radius 3 is 2.24 bits per heavy atom. The van der Waals surface area contributed by atoms with Gasteiger partial charge in [-0.25, -0.2) is 9.59 Å². The first-order valence-electron chi connectivity index (χ1n) is 9.40. The fraction of sp³-hybridized carbons (Fsp3) is 0.350. The average molecular weight is 464 g/mol. The lowest BCUT2D eigenvalue weighted by molar-refractivity contribution is -0.141. The summed E-state index contributed by atoms with van der Waals surface area (Å²) in [6, 6.07) is 3.74. The van der Waals surface area contributed by atoms with Gasteiger partial charge < -0.3 is 41.9 Å². The first kappa shape index (κ1) is 28.9. The third-order valence-corrected chi connectivity index (χ3v) is 3.64. The predicted octanol–water partition coefficient (Wildman–Crippen LogP) is -0.608. The number of hydrogen-bond acceptors (Lipinski definition) is 9. The molecule has 0 bridgehead atoms. The summed E-state index contributed by atoms with van der Waals surface area (Å²) in [6.45, 7) is 2.41. The topological polar surface area (TPSA) is 227 Å². The van der Waals surface area contributed by atoms with Crippen LogP contribution >= 0.6 is 0 Å². The third-order valence-electron chi connectivity index (χ3n) is 3.64. The molecule has 9 N–H and O–H groups in total. The number of aliphatic hydroxyl groups is 1. The first-order valence-corrected chi connectivity index (χ1v) is 9.40. The van der Waals surface area contributed by atoms with Gasteiger partial charge in [-0.15, -0.1) is 12.8 Å². The van der Waals surface area contributed by atoms with Crippen LogP contribution in [0.15, 0.2) is 28.8 Å². The van der Waals surface area contributed by atoms with E-state index < -0.39 is 30.2 Å². The number of rotatable bonds is 8. The van der Waals surface area contributed by atoms with E-state index in [0.717, 1.165) is 5.56 Å². The number of primary amides is 1. The van der Waals surface area contributed by atoms with Crippen molar-refractivity contribution in [2.75, 3.05) is 0 Å². The highest BCUT2D eigenvalue weighted by Crippen LogP contribution is 2.16. The quantitative estimate of drug-likeness (QED) is 0.245. The fourth-order valence-corrected chi connectivity index (χ4v) is 2.20. The van der Waals surface area contributed by atoms with E-state index in [-0.39, 0.29) is 29.9 Å². The van der Waals surface area contributed by atoms with Crippen LogP contribution in [0.5, 0.6) is 5.75 Å². The van der Waals surface area contributed by atoms with E-state index in [1.165, 1.54) is 13.8 Å². The minimum Gasteiger partial charge on any atom is -0.508 e. The third kappa shape index (κ3) is 11.7. The van der Waals surface area contributed by atoms with Crippen LogP contribution in [0.2, 0.25) is 0 Å². The van der Waals surface area contributed by atoms with E-state index in [9.17, 15) is 24.6 Å². The molecule has 0 saturated carbocycles. The van der Waals surface area contributed by atoms with Gasteiger partial charge in [0.25, 0.3) is 0 Å². The normalized spacial score (nSPS) is 12.4. The highest BCUT2D eigenvalue weighted by molar-refractivity contribution is 5.82. The molecule has 0 aliphatic rings. The van der Waals surface area contributed by atoms with Crippen LogP contribution in [0, 0.1) is 12.8 Å². The highest BCUT2D eigenvalue weighted by atomic mass is 16.5. The maximum atomic E-state index is 11.7. The van der Waals surface area contributed by atoms with E-state index in [1.807, 2.05) is 0 Å². The molecule has 1 aromatic heterocycles. The number of carboxylic acids is 1. The van der Waals surface area contributed by atoms with E-state index in [4.69, 9.17) is 15.4 Å². The molecule has 0 spiro atoms. The summed E-state index contributed by atoms with van der Waals surface area (Å²) < 4.78 is 5.00. The number of carboxylic acid groups (broad SMARTS) is 1. The monoisotopic (exact) mass is 464 g/mol. The molecule has 13 nitrogen and oxygen atoms in total. The van der Waals surface area contributed by atoms with Crippen LogP contribution in [0.25, 0.3) is 0 Å². The first-order chi connectivity index (χ1) is 15.5. The molecule has 1 aromatic carbocycles. The summed E-state index contributed by atoms with van der Waals surface area (Å²) in [5, 5.41) is 35.7. The Labute approximate surface area is 190 Å². The minimum atomic E-state index is -1.44. The SMILES string of the molecule is C#C.CC(N)=O.CC(O)C(NC(=O)NCc1nc([C@@H](N)Cc2ccc(O)cc2)no1)C(=O)O. The van der Waals surface area contributed by atoms with Gasteiger partial charge in [-0.3, -0.25) is 4.79 Å². The van der Waals surface area contributed by atoms with Crippen LogP contribution < -0.4 is 22.1 Å². The summed E-state index contributed by atoms with van der Waals surface area (Å²) in [4.78, 5) is 35.9. The smallest absolute Gasteiger partial charge is 0.328 e. The molecule has 0 saturated heterocycles. The molecule has 0 radical (unpaired) electrons. The fourth-order valence-electron chi connectivity index (χ4n) is 2.20. The van der Waals surface area contributed by atoms with E-state index >= 15 is 0 Å². The van der Waals surface area contributed by atoms with Crippen LogP contribution in [0.3, 0.4) is 0 Å². The Morgan fingerprint density at radius 1 is 1.21 bits per heavy atom. The van der Waals surface area contributed by atoms with Crippen LogP contribution in [0.1, 0.15) is 37.2 Å². The van der Waals surface area contributed by atoms with Crippen molar-refractivity contribution in [3.63, 3.8) is 0 Å². The summed E-state index contributed by atoms with van der Waals surface area (Å²) >= 11 is 0. The summed E-state index contributed by atoms with van der Waals surface area (Å²) in [6.07, 6.45) is 7.16. The number of aliphatic carboxylic acids is 1. The number of phenols is 1. The molecule has 0 fully saturated rings. The van der Waals surface area contributed by atoms with Gasteiger partial charge in [0.1, 0.15) is 5.75 Å². The number of hydrogen-bond donors (Lipinski definition) is 7. The molecular formula is C20H28N6O7. The van der Waals surface area contributed by atoms with Gasteiger partial charge in [0.2, 0.25) is 11.8 Å². The number of urea groups is 1. The van der Waals surface area contributed by atoms with Crippen molar-refractivity contribution in [3.8, 4) is 18.6 Å². The van der Waals surface area contributed by atoms with Crippen molar-refractivity contribution in [1.29, 1.82) is 0 Å². The number of aromatic nitrogens is 2. The zero-order valence-corrected chi connectivity index (χ0v) is 18.1. The standard InChI is InChI=1S/C16H21N5O6.C2H5NO.C2H2/c1-8(22)13(15(24)25)20-16(26)18-7-12-19-14(21-27-12)11(17)6-9-2-4-10(23)5-3-9;1-2(3)4;1-2/h2-5,8,11,13,22-23H,6-7,17H2,1H3,(H,24,25)(H2,18,20,26);1H3,(H2,3,4);1-2H/t8?,11-,13?;;/m0../s1. The van der Waals surface area contributed by atoms with Crippen molar-refractivity contribution < 1.29 is 34.2 Å². The number of terminal acetylenes is 1.